The molecule has 1 aromatic heterocycles. The molecule has 1 aromatic carbocycles. The molecule has 0 unspecified atom stereocenters. The molecule has 224 valence electrons. The molecular weight excluding hydrogens is 564 g/mol. The largest absolute Gasteiger partial charge is 0.381 e. The maximum atomic E-state index is 13.6. The predicted molar refractivity (Wildman–Crippen MR) is 162 cm³/mol. The first-order chi connectivity index (χ1) is 19.7. The highest BCUT2D eigenvalue weighted by atomic mass is 35.5. The summed E-state index contributed by atoms with van der Waals surface area (Å²) in [5.41, 5.74) is 1.31. The molecule has 0 radical (unpaired) electrons. The van der Waals surface area contributed by atoms with Gasteiger partial charge in [-0.3, -0.25) is 19.3 Å². The highest BCUT2D eigenvalue weighted by Crippen LogP contribution is 2.26. The molecule has 2 atom stereocenters. The Hall–Kier alpha value is -2.57. The highest BCUT2D eigenvalue weighted by molar-refractivity contribution is 7.18. The minimum absolute atomic E-state index is 0.131. The molecule has 0 bridgehead atoms. The smallest absolute Gasteiger partial charge is 0.247 e. The van der Waals surface area contributed by atoms with Crippen molar-refractivity contribution in [2.75, 3.05) is 59.5 Å². The number of piperazine rings is 1. The van der Waals surface area contributed by atoms with Gasteiger partial charge in [-0.15, -0.1) is 11.3 Å². The topological polar surface area (TPSA) is 116 Å². The first kappa shape index (κ1) is 31.4. The van der Waals surface area contributed by atoms with Gasteiger partial charge in [0.25, 0.3) is 0 Å². The number of hydrogen-bond donors (Lipinski definition) is 3. The van der Waals surface area contributed by atoms with Crippen molar-refractivity contribution in [3.8, 4) is 0 Å². The number of aromatic nitrogens is 1. The van der Waals surface area contributed by atoms with Crippen molar-refractivity contribution in [1.82, 2.24) is 30.7 Å². The van der Waals surface area contributed by atoms with Gasteiger partial charge in [-0.2, -0.15) is 0 Å². The second-order valence-electron chi connectivity index (χ2n) is 10.9. The number of fused-ring (bicyclic) bond motifs is 1. The normalized spacial score (nSPS) is 18.5. The molecule has 10 nitrogen and oxygen atoms in total. The van der Waals surface area contributed by atoms with E-state index in [1.165, 1.54) is 11.3 Å². The summed E-state index contributed by atoms with van der Waals surface area (Å²) in [5.74, 6) is -0.596. The van der Waals surface area contributed by atoms with Crippen molar-refractivity contribution in [3.63, 3.8) is 0 Å². The van der Waals surface area contributed by atoms with Crippen LogP contribution in [0.3, 0.4) is 0 Å². The molecule has 41 heavy (non-hydrogen) atoms. The number of halogens is 1. The standard InChI is InChI=1S/C29H41ClN6O4S/c1-4-26(37)32-23(16-27-33-22-6-5-21(30)15-25(22)41-27)29(39)34-24(20-7-13-40-14-8-20)17-31-28(38)19(2)18-36-11-9-35(3)10-12-36/h5-6,15,20,23-24H,2,4,7-14,16-18H2,1,3H3,(H,31,38)(H,32,37)(H,34,39)/t23-,24+/m0/s1. The molecule has 2 saturated heterocycles. The van der Waals surface area contributed by atoms with E-state index in [2.05, 4.69) is 44.4 Å². The van der Waals surface area contributed by atoms with Crippen LogP contribution in [0.15, 0.2) is 30.4 Å². The molecule has 4 rings (SSSR count). The molecule has 2 aliphatic rings. The monoisotopic (exact) mass is 604 g/mol. The van der Waals surface area contributed by atoms with Crippen molar-refractivity contribution in [2.45, 2.75) is 44.7 Å². The van der Waals surface area contributed by atoms with Crippen LogP contribution < -0.4 is 16.0 Å². The van der Waals surface area contributed by atoms with E-state index in [-0.39, 0.29) is 49.1 Å². The maximum Gasteiger partial charge on any atom is 0.247 e. The number of carbonyl (C=O) groups excluding carboxylic acids is 3. The third-order valence-electron chi connectivity index (χ3n) is 7.72. The van der Waals surface area contributed by atoms with Crippen molar-refractivity contribution >= 4 is 50.9 Å². The van der Waals surface area contributed by atoms with E-state index in [0.29, 0.717) is 30.4 Å². The van der Waals surface area contributed by atoms with Gasteiger partial charge in [0.2, 0.25) is 17.7 Å². The number of likely N-dealkylation sites (N-methyl/N-ethyl adjacent to an activating group) is 1. The minimum atomic E-state index is -0.802. The van der Waals surface area contributed by atoms with Gasteiger partial charge in [0.1, 0.15) is 6.04 Å². The number of carbonyl (C=O) groups is 3. The average molecular weight is 605 g/mol. The predicted octanol–water partition coefficient (Wildman–Crippen LogP) is 2.22. The van der Waals surface area contributed by atoms with Crippen molar-refractivity contribution < 1.29 is 19.1 Å². The van der Waals surface area contributed by atoms with Gasteiger partial charge in [-0.05, 0) is 44.0 Å². The number of rotatable bonds is 12. The Morgan fingerprint density at radius 2 is 1.90 bits per heavy atom. The molecule has 3 N–H and O–H groups in total. The van der Waals surface area contributed by atoms with Crippen LogP contribution in [0.5, 0.6) is 0 Å². The van der Waals surface area contributed by atoms with Crippen LogP contribution in [0.4, 0.5) is 0 Å². The van der Waals surface area contributed by atoms with E-state index in [9.17, 15) is 14.4 Å². The quantitative estimate of drug-likeness (QED) is 0.318. The van der Waals surface area contributed by atoms with Gasteiger partial charge >= 0.3 is 0 Å². The highest BCUT2D eigenvalue weighted by Gasteiger charge is 2.30. The fourth-order valence-electron chi connectivity index (χ4n) is 5.13. The lowest BCUT2D eigenvalue weighted by molar-refractivity contribution is -0.129. The fourth-order valence-corrected chi connectivity index (χ4v) is 6.41. The van der Waals surface area contributed by atoms with E-state index in [0.717, 1.165) is 54.2 Å². The second-order valence-corrected chi connectivity index (χ2v) is 12.4. The van der Waals surface area contributed by atoms with Gasteiger partial charge in [0.15, 0.2) is 0 Å². The number of amides is 3. The zero-order valence-corrected chi connectivity index (χ0v) is 25.5. The van der Waals surface area contributed by atoms with E-state index < -0.39 is 6.04 Å². The fraction of sp³-hybridized carbons (Fsp3) is 0.586. The molecule has 3 amide bonds. The average Bonchev–Trinajstić information content (AvgIpc) is 3.37. The Labute approximate surface area is 250 Å². The Kier molecular flexibility index (Phi) is 11.5. The molecule has 0 spiro atoms. The molecule has 2 aromatic rings. The van der Waals surface area contributed by atoms with Crippen LogP contribution in [-0.2, 0) is 25.5 Å². The van der Waals surface area contributed by atoms with Crippen LogP contribution in [0.2, 0.25) is 5.02 Å². The second kappa shape index (κ2) is 15.1. The Morgan fingerprint density at radius 3 is 2.61 bits per heavy atom. The molecular formula is C29H41ClN6O4S. The number of nitrogens with zero attached hydrogens (tertiary/aromatic N) is 3. The summed E-state index contributed by atoms with van der Waals surface area (Å²) in [7, 11) is 2.09. The molecule has 2 aliphatic heterocycles. The zero-order chi connectivity index (χ0) is 29.4. The summed E-state index contributed by atoms with van der Waals surface area (Å²) in [4.78, 5) is 48.1. The van der Waals surface area contributed by atoms with Crippen LogP contribution in [0.1, 0.15) is 31.2 Å². The molecule has 0 aliphatic carbocycles. The third kappa shape index (κ3) is 9.21. The molecule has 0 saturated carbocycles. The number of hydrogen-bond acceptors (Lipinski definition) is 8. The minimum Gasteiger partial charge on any atom is -0.381 e. The Balaban J connectivity index is 1.41. The lowest BCUT2D eigenvalue weighted by Gasteiger charge is -2.33. The van der Waals surface area contributed by atoms with Crippen molar-refractivity contribution in [1.29, 1.82) is 0 Å². The summed E-state index contributed by atoms with van der Waals surface area (Å²) in [6.45, 7) is 11.5. The van der Waals surface area contributed by atoms with Crippen LogP contribution >= 0.6 is 22.9 Å². The summed E-state index contributed by atoms with van der Waals surface area (Å²) >= 11 is 7.59. The first-order valence-corrected chi connectivity index (χ1v) is 15.5. The number of thiazole rings is 1. The van der Waals surface area contributed by atoms with Gasteiger partial charge < -0.3 is 25.6 Å². The lowest BCUT2D eigenvalue weighted by Crippen LogP contribution is -2.55. The summed E-state index contributed by atoms with van der Waals surface area (Å²) in [6.07, 6.45) is 2.05. The maximum absolute atomic E-state index is 13.6. The Bertz CT molecular complexity index is 1230. The summed E-state index contributed by atoms with van der Waals surface area (Å²) in [5, 5.41) is 10.4. The van der Waals surface area contributed by atoms with Gasteiger partial charge in [-0.1, -0.05) is 25.1 Å². The van der Waals surface area contributed by atoms with Crippen molar-refractivity contribution in [3.05, 3.63) is 40.4 Å². The SMILES string of the molecule is C=C(CN1CCN(C)CC1)C(=O)NC[C@@H](NC(=O)[C@H](Cc1nc2ccc(Cl)cc2s1)NC(=O)CC)C1CCOCC1. The summed E-state index contributed by atoms with van der Waals surface area (Å²) in [6, 6.07) is 4.35. The van der Waals surface area contributed by atoms with E-state index in [4.69, 9.17) is 16.3 Å². The molecule has 3 heterocycles. The number of ether oxygens (including phenoxy) is 1. The molecule has 2 fully saturated rings. The summed E-state index contributed by atoms with van der Waals surface area (Å²) < 4.78 is 6.47. The Morgan fingerprint density at radius 1 is 1.17 bits per heavy atom. The van der Waals surface area contributed by atoms with Crippen LogP contribution in [0, 0.1) is 5.92 Å². The van der Waals surface area contributed by atoms with Gasteiger partial charge in [0, 0.05) is 82.0 Å². The van der Waals surface area contributed by atoms with Crippen LogP contribution in [0.25, 0.3) is 10.2 Å². The van der Waals surface area contributed by atoms with E-state index in [1.807, 2.05) is 12.1 Å². The number of benzene rings is 1. The number of nitrogens with one attached hydrogen (secondary N) is 3. The third-order valence-corrected chi connectivity index (χ3v) is 9.00. The lowest BCUT2D eigenvalue weighted by atomic mass is 9.91. The van der Waals surface area contributed by atoms with E-state index in [1.54, 1.807) is 13.0 Å². The molecule has 12 heteroatoms. The zero-order valence-electron chi connectivity index (χ0n) is 23.9. The van der Waals surface area contributed by atoms with Gasteiger partial charge in [-0.25, -0.2) is 4.98 Å². The van der Waals surface area contributed by atoms with Crippen LogP contribution in [-0.4, -0.2) is 104 Å². The van der Waals surface area contributed by atoms with Gasteiger partial charge in [0.05, 0.1) is 15.2 Å². The first-order valence-electron chi connectivity index (χ1n) is 14.3. The van der Waals surface area contributed by atoms with Crippen molar-refractivity contribution in [2.24, 2.45) is 5.92 Å². The van der Waals surface area contributed by atoms with E-state index >= 15 is 0 Å².